The maximum absolute atomic E-state index is 12.0. The monoisotopic (exact) mass is 235 g/mol. The highest BCUT2D eigenvalue weighted by atomic mass is 16.3. The Balaban J connectivity index is 2.40. The molecule has 1 aromatic heterocycles. The Labute approximate surface area is 102 Å². The van der Waals surface area contributed by atoms with Crippen LogP contribution in [0.3, 0.4) is 0 Å². The van der Waals surface area contributed by atoms with Crippen LogP contribution in [0.4, 0.5) is 0 Å². The number of hydrogen-bond acceptors (Lipinski definition) is 2. The lowest BCUT2D eigenvalue weighted by Gasteiger charge is -2.41. The summed E-state index contributed by atoms with van der Waals surface area (Å²) < 4.78 is 1.79. The fourth-order valence-corrected chi connectivity index (χ4v) is 2.74. The van der Waals surface area contributed by atoms with Gasteiger partial charge in [-0.25, -0.2) is 0 Å². The van der Waals surface area contributed by atoms with Crippen molar-refractivity contribution in [1.29, 1.82) is 0 Å². The van der Waals surface area contributed by atoms with E-state index in [-0.39, 0.29) is 23.1 Å². The molecule has 3 nitrogen and oxygen atoms in total. The lowest BCUT2D eigenvalue weighted by atomic mass is 9.72. The Morgan fingerprint density at radius 2 is 2.18 bits per heavy atom. The van der Waals surface area contributed by atoms with Gasteiger partial charge in [0.15, 0.2) is 0 Å². The van der Waals surface area contributed by atoms with E-state index in [1.165, 1.54) is 0 Å². The fraction of sp³-hybridized carbons (Fsp3) is 0.643. The van der Waals surface area contributed by atoms with Crippen molar-refractivity contribution in [1.82, 2.24) is 4.57 Å². The molecule has 2 atom stereocenters. The summed E-state index contributed by atoms with van der Waals surface area (Å²) in [5.41, 5.74) is 1.09. The van der Waals surface area contributed by atoms with Crippen molar-refractivity contribution in [2.45, 2.75) is 52.2 Å². The number of aliphatic hydroxyl groups excluding tert-OH is 1. The van der Waals surface area contributed by atoms with Crippen LogP contribution in [0.5, 0.6) is 0 Å². The molecule has 0 saturated heterocycles. The van der Waals surface area contributed by atoms with Crippen LogP contribution in [0.15, 0.2) is 23.1 Å². The van der Waals surface area contributed by atoms with Gasteiger partial charge < -0.3 is 9.67 Å². The van der Waals surface area contributed by atoms with Crippen LogP contribution in [0.25, 0.3) is 0 Å². The minimum absolute atomic E-state index is 0.0391. The van der Waals surface area contributed by atoms with E-state index in [1.54, 1.807) is 10.6 Å². The molecule has 0 spiro atoms. The number of aliphatic hydroxyl groups is 1. The van der Waals surface area contributed by atoms with Crippen LogP contribution in [0.2, 0.25) is 0 Å². The largest absolute Gasteiger partial charge is 0.393 e. The van der Waals surface area contributed by atoms with Gasteiger partial charge in [0.2, 0.25) is 0 Å². The molecule has 1 aliphatic rings. The number of hydrogen-bond donors (Lipinski definition) is 1. The van der Waals surface area contributed by atoms with Crippen LogP contribution in [-0.4, -0.2) is 15.8 Å². The predicted molar refractivity (Wildman–Crippen MR) is 68.1 cm³/mol. The van der Waals surface area contributed by atoms with Gasteiger partial charge >= 0.3 is 0 Å². The third kappa shape index (κ3) is 2.44. The minimum Gasteiger partial charge on any atom is -0.393 e. The Hall–Kier alpha value is -1.09. The standard InChI is InChI=1S/C14H21NO2/c1-10-5-7-15(13(17)8-10)12-9-11(16)4-6-14(12,2)3/h5,7-8,11-12,16H,4,6,9H2,1-3H3. The lowest BCUT2D eigenvalue weighted by molar-refractivity contribution is 0.0329. The molecule has 0 bridgehead atoms. The second kappa shape index (κ2) is 4.30. The summed E-state index contributed by atoms with van der Waals surface area (Å²) in [5.74, 6) is 0. The van der Waals surface area contributed by atoms with Crippen LogP contribution in [0.1, 0.15) is 44.7 Å². The maximum atomic E-state index is 12.0. The molecule has 1 fully saturated rings. The molecule has 1 aliphatic carbocycles. The summed E-state index contributed by atoms with van der Waals surface area (Å²) in [6.45, 7) is 6.28. The second-order valence-electron chi connectivity index (χ2n) is 5.88. The van der Waals surface area contributed by atoms with E-state index in [1.807, 2.05) is 19.2 Å². The average molecular weight is 235 g/mol. The lowest BCUT2D eigenvalue weighted by Crippen LogP contribution is -2.40. The molecular weight excluding hydrogens is 214 g/mol. The van der Waals surface area contributed by atoms with E-state index in [0.29, 0.717) is 6.42 Å². The molecule has 0 radical (unpaired) electrons. The Morgan fingerprint density at radius 1 is 1.47 bits per heavy atom. The highest BCUT2D eigenvalue weighted by molar-refractivity contribution is 5.10. The highest BCUT2D eigenvalue weighted by Gasteiger charge is 2.37. The molecule has 0 amide bonds. The van der Waals surface area contributed by atoms with Crippen molar-refractivity contribution < 1.29 is 5.11 Å². The third-order valence-corrected chi connectivity index (χ3v) is 3.96. The predicted octanol–water partition coefficient (Wildman–Crippen LogP) is 2.27. The van der Waals surface area contributed by atoms with Crippen LogP contribution < -0.4 is 5.56 Å². The van der Waals surface area contributed by atoms with Crippen molar-refractivity contribution in [2.75, 3.05) is 0 Å². The third-order valence-electron chi connectivity index (χ3n) is 3.96. The van der Waals surface area contributed by atoms with Gasteiger partial charge in [0.1, 0.15) is 0 Å². The van der Waals surface area contributed by atoms with Gasteiger partial charge in [0.05, 0.1) is 6.10 Å². The van der Waals surface area contributed by atoms with Gasteiger partial charge in [-0.15, -0.1) is 0 Å². The van der Waals surface area contributed by atoms with Gasteiger partial charge in [0, 0.05) is 18.3 Å². The minimum atomic E-state index is -0.277. The van der Waals surface area contributed by atoms with Crippen molar-refractivity contribution in [3.8, 4) is 0 Å². The summed E-state index contributed by atoms with van der Waals surface area (Å²) in [6, 6.07) is 3.72. The van der Waals surface area contributed by atoms with Crippen molar-refractivity contribution in [3.05, 3.63) is 34.2 Å². The first-order valence-electron chi connectivity index (χ1n) is 6.27. The van der Waals surface area contributed by atoms with Crippen molar-refractivity contribution in [2.24, 2.45) is 5.41 Å². The van der Waals surface area contributed by atoms with Crippen LogP contribution >= 0.6 is 0 Å². The molecule has 0 aromatic carbocycles. The smallest absolute Gasteiger partial charge is 0.251 e. The molecule has 1 N–H and O–H groups in total. The van der Waals surface area contributed by atoms with Crippen LogP contribution in [-0.2, 0) is 0 Å². The summed E-state index contributed by atoms with van der Waals surface area (Å²) in [4.78, 5) is 12.0. The van der Waals surface area contributed by atoms with Crippen molar-refractivity contribution in [3.63, 3.8) is 0 Å². The molecule has 2 unspecified atom stereocenters. The number of nitrogens with zero attached hydrogens (tertiary/aromatic N) is 1. The first-order valence-corrected chi connectivity index (χ1v) is 6.27. The molecule has 94 valence electrons. The molecule has 0 aliphatic heterocycles. The van der Waals surface area contributed by atoms with E-state index < -0.39 is 0 Å². The molecular formula is C14H21NO2. The normalized spacial score (nSPS) is 28.0. The first kappa shape index (κ1) is 12.4. The van der Waals surface area contributed by atoms with E-state index in [9.17, 15) is 9.90 Å². The Kier molecular flexibility index (Phi) is 3.13. The summed E-state index contributed by atoms with van der Waals surface area (Å²) in [6.07, 6.45) is 4.06. The zero-order valence-corrected chi connectivity index (χ0v) is 10.8. The maximum Gasteiger partial charge on any atom is 0.251 e. The SMILES string of the molecule is Cc1ccn(C2CC(O)CCC2(C)C)c(=O)c1. The highest BCUT2D eigenvalue weighted by Crippen LogP contribution is 2.43. The molecule has 2 rings (SSSR count). The summed E-state index contributed by atoms with van der Waals surface area (Å²) in [5, 5.41) is 9.80. The van der Waals surface area contributed by atoms with Gasteiger partial charge in [-0.3, -0.25) is 4.79 Å². The summed E-state index contributed by atoms with van der Waals surface area (Å²) in [7, 11) is 0. The van der Waals surface area contributed by atoms with Gasteiger partial charge in [0.25, 0.3) is 5.56 Å². The molecule has 1 heterocycles. The van der Waals surface area contributed by atoms with E-state index in [0.717, 1.165) is 18.4 Å². The number of pyridine rings is 1. The zero-order chi connectivity index (χ0) is 12.6. The summed E-state index contributed by atoms with van der Waals surface area (Å²) >= 11 is 0. The Bertz CT molecular complexity index is 462. The molecule has 1 saturated carbocycles. The molecule has 3 heteroatoms. The van der Waals surface area contributed by atoms with Gasteiger partial charge in [-0.05, 0) is 43.2 Å². The number of rotatable bonds is 1. The number of aryl methyl sites for hydroxylation is 1. The second-order valence-corrected chi connectivity index (χ2v) is 5.88. The average Bonchev–Trinajstić information content (AvgIpc) is 2.23. The molecule has 1 aromatic rings. The van der Waals surface area contributed by atoms with E-state index >= 15 is 0 Å². The van der Waals surface area contributed by atoms with Crippen LogP contribution in [0, 0.1) is 12.3 Å². The first-order chi connectivity index (χ1) is 7.90. The van der Waals surface area contributed by atoms with E-state index in [2.05, 4.69) is 13.8 Å². The van der Waals surface area contributed by atoms with E-state index in [4.69, 9.17) is 0 Å². The topological polar surface area (TPSA) is 42.2 Å². The molecule has 17 heavy (non-hydrogen) atoms. The van der Waals surface area contributed by atoms with Crippen molar-refractivity contribution >= 4 is 0 Å². The Morgan fingerprint density at radius 3 is 2.82 bits per heavy atom. The fourth-order valence-electron chi connectivity index (χ4n) is 2.74. The van der Waals surface area contributed by atoms with Gasteiger partial charge in [-0.1, -0.05) is 13.8 Å². The quantitative estimate of drug-likeness (QED) is 0.811. The van der Waals surface area contributed by atoms with Gasteiger partial charge in [-0.2, -0.15) is 0 Å². The zero-order valence-electron chi connectivity index (χ0n) is 10.8. The number of aromatic nitrogens is 1.